The lowest BCUT2D eigenvalue weighted by molar-refractivity contribution is 0.478. The van der Waals surface area contributed by atoms with Crippen LogP contribution in [0.5, 0.6) is 11.5 Å². The first-order valence-electron chi connectivity index (χ1n) is 4.96. The molecule has 0 saturated carbocycles. The second-order valence-electron chi connectivity index (χ2n) is 3.78. The minimum Gasteiger partial charge on any atom is -0.506 e. The van der Waals surface area contributed by atoms with E-state index in [9.17, 15) is 10.2 Å². The van der Waals surface area contributed by atoms with E-state index in [1.54, 1.807) is 0 Å². The zero-order chi connectivity index (χ0) is 13.4. The maximum Gasteiger partial charge on any atom is 0.139 e. The van der Waals surface area contributed by atoms with Crippen LogP contribution in [-0.2, 0) is 0 Å². The summed E-state index contributed by atoms with van der Waals surface area (Å²) in [5, 5.41) is 19.6. The largest absolute Gasteiger partial charge is 0.506 e. The Morgan fingerprint density at radius 3 is 1.83 bits per heavy atom. The first kappa shape index (κ1) is 12.7. The van der Waals surface area contributed by atoms with Gasteiger partial charge in [-0.15, -0.1) is 0 Å². The minimum absolute atomic E-state index is 0.0999. The molecule has 0 radical (unpaired) electrons. The molecule has 0 aliphatic carbocycles. The second-order valence-corrected chi connectivity index (χ2v) is 4.60. The van der Waals surface area contributed by atoms with E-state index < -0.39 is 0 Å². The highest BCUT2D eigenvalue weighted by atomic mass is 35.5. The fourth-order valence-corrected chi connectivity index (χ4v) is 2.10. The van der Waals surface area contributed by atoms with Gasteiger partial charge in [-0.1, -0.05) is 23.2 Å². The third-order valence-corrected chi connectivity index (χ3v) is 3.15. The van der Waals surface area contributed by atoms with Gasteiger partial charge in [0.1, 0.15) is 11.5 Å². The lowest BCUT2D eigenvalue weighted by atomic mass is 10.0. The van der Waals surface area contributed by atoms with Gasteiger partial charge in [-0.2, -0.15) is 0 Å². The van der Waals surface area contributed by atoms with Gasteiger partial charge in [0.05, 0.1) is 21.4 Å². The van der Waals surface area contributed by atoms with Gasteiger partial charge in [0, 0.05) is 17.2 Å². The summed E-state index contributed by atoms with van der Waals surface area (Å²) >= 11 is 12.1. The summed E-state index contributed by atoms with van der Waals surface area (Å²) in [5.74, 6) is -0.211. The monoisotopic (exact) mass is 284 g/mol. The zero-order valence-electron chi connectivity index (χ0n) is 9.11. The van der Waals surface area contributed by atoms with Crippen molar-refractivity contribution in [3.05, 3.63) is 34.3 Å². The van der Waals surface area contributed by atoms with Gasteiger partial charge in [0.15, 0.2) is 0 Å². The molecule has 6 N–H and O–H groups in total. The second kappa shape index (κ2) is 4.48. The van der Waals surface area contributed by atoms with Crippen LogP contribution in [0.4, 0.5) is 11.4 Å². The van der Waals surface area contributed by atoms with Crippen LogP contribution in [0.2, 0.25) is 10.0 Å². The molecule has 94 valence electrons. The van der Waals surface area contributed by atoms with Crippen LogP contribution in [0.3, 0.4) is 0 Å². The Labute approximate surface area is 113 Å². The third kappa shape index (κ3) is 2.12. The normalized spacial score (nSPS) is 10.6. The number of anilines is 2. The highest BCUT2D eigenvalue weighted by Crippen LogP contribution is 2.41. The SMILES string of the molecule is Nc1cc(-c2cc(O)c(N)cc2Cl)c(Cl)cc1O. The predicted octanol–water partition coefficient (Wildman–Crippen LogP) is 3.24. The molecule has 2 rings (SSSR count). The highest BCUT2D eigenvalue weighted by Gasteiger charge is 2.13. The van der Waals surface area contributed by atoms with Crippen LogP contribution in [-0.4, -0.2) is 10.2 Å². The quantitative estimate of drug-likeness (QED) is 0.478. The maximum atomic E-state index is 9.59. The molecule has 0 spiro atoms. The van der Waals surface area contributed by atoms with Gasteiger partial charge in [-0.3, -0.25) is 0 Å². The fraction of sp³-hybridized carbons (Fsp3) is 0. The summed E-state index contributed by atoms with van der Waals surface area (Å²) in [6.45, 7) is 0. The zero-order valence-corrected chi connectivity index (χ0v) is 10.6. The molecule has 18 heavy (non-hydrogen) atoms. The van der Waals surface area contributed by atoms with Crippen molar-refractivity contribution in [2.24, 2.45) is 0 Å². The number of halogens is 2. The van der Waals surface area contributed by atoms with E-state index in [-0.39, 0.29) is 27.9 Å². The Morgan fingerprint density at radius 1 is 0.722 bits per heavy atom. The Balaban J connectivity index is 2.69. The molecule has 0 bridgehead atoms. The molecular weight excluding hydrogens is 275 g/mol. The van der Waals surface area contributed by atoms with E-state index in [0.717, 1.165) is 0 Å². The minimum atomic E-state index is -0.112. The molecule has 2 aromatic carbocycles. The molecule has 6 heteroatoms. The lowest BCUT2D eigenvalue weighted by Crippen LogP contribution is -1.91. The summed E-state index contributed by atoms with van der Waals surface area (Å²) in [7, 11) is 0. The van der Waals surface area contributed by atoms with Crippen LogP contribution >= 0.6 is 23.2 Å². The molecule has 0 aliphatic heterocycles. The Kier molecular flexibility index (Phi) is 3.15. The van der Waals surface area contributed by atoms with E-state index >= 15 is 0 Å². The smallest absolute Gasteiger partial charge is 0.139 e. The molecule has 2 aromatic rings. The van der Waals surface area contributed by atoms with Crippen molar-refractivity contribution in [2.45, 2.75) is 0 Å². The van der Waals surface area contributed by atoms with Gasteiger partial charge >= 0.3 is 0 Å². The van der Waals surface area contributed by atoms with E-state index in [2.05, 4.69) is 0 Å². The van der Waals surface area contributed by atoms with E-state index in [4.69, 9.17) is 34.7 Å². The van der Waals surface area contributed by atoms with Gasteiger partial charge in [-0.05, 0) is 18.2 Å². The Bertz CT molecular complexity index is 574. The number of hydrogen-bond donors (Lipinski definition) is 4. The van der Waals surface area contributed by atoms with E-state index in [0.29, 0.717) is 16.1 Å². The predicted molar refractivity (Wildman–Crippen MR) is 74.1 cm³/mol. The fourth-order valence-electron chi connectivity index (χ4n) is 1.57. The van der Waals surface area contributed by atoms with Crippen LogP contribution < -0.4 is 11.5 Å². The average Bonchev–Trinajstić information content (AvgIpc) is 2.29. The number of phenolic OH excluding ortho intramolecular Hbond substituents is 2. The van der Waals surface area contributed by atoms with E-state index in [1.165, 1.54) is 24.3 Å². The summed E-state index contributed by atoms with van der Waals surface area (Å²) in [5.41, 5.74) is 12.5. The van der Waals surface area contributed by atoms with Gasteiger partial charge in [0.2, 0.25) is 0 Å². The summed E-state index contributed by atoms with van der Waals surface area (Å²) in [6.07, 6.45) is 0. The molecule has 0 saturated heterocycles. The standard InChI is InChI=1S/C12H10Cl2N2O2/c13-7-3-10(16)11(17)2-6(7)5-1-9(15)12(18)4-8(5)14/h1-4,17-18H,15-16H2. The topological polar surface area (TPSA) is 92.5 Å². The van der Waals surface area contributed by atoms with Gasteiger partial charge < -0.3 is 21.7 Å². The van der Waals surface area contributed by atoms with E-state index in [1.807, 2.05) is 0 Å². The first-order valence-corrected chi connectivity index (χ1v) is 5.72. The van der Waals surface area contributed by atoms with Crippen LogP contribution in [0.15, 0.2) is 24.3 Å². The molecule has 0 aromatic heterocycles. The Hall–Kier alpha value is -1.78. The van der Waals surface area contributed by atoms with Crippen molar-refractivity contribution >= 4 is 34.6 Å². The van der Waals surface area contributed by atoms with Crippen molar-refractivity contribution < 1.29 is 10.2 Å². The van der Waals surface area contributed by atoms with Crippen molar-refractivity contribution in [3.8, 4) is 22.6 Å². The molecular formula is C12H10Cl2N2O2. The lowest BCUT2D eigenvalue weighted by Gasteiger charge is -2.11. The molecule has 0 unspecified atom stereocenters. The number of nitrogens with two attached hydrogens (primary N) is 2. The maximum absolute atomic E-state index is 9.59. The average molecular weight is 285 g/mol. The van der Waals surface area contributed by atoms with Gasteiger partial charge in [0.25, 0.3) is 0 Å². The molecule has 4 nitrogen and oxygen atoms in total. The molecule has 0 fully saturated rings. The first-order chi connectivity index (χ1) is 8.40. The summed E-state index contributed by atoms with van der Waals surface area (Å²) in [6, 6.07) is 5.62. The Morgan fingerprint density at radius 2 is 1.17 bits per heavy atom. The van der Waals surface area contributed by atoms with Crippen LogP contribution in [0.1, 0.15) is 0 Å². The number of nitrogen functional groups attached to an aromatic ring is 2. The third-order valence-electron chi connectivity index (χ3n) is 2.52. The number of phenols is 2. The van der Waals surface area contributed by atoms with Crippen molar-refractivity contribution in [2.75, 3.05) is 11.5 Å². The number of hydrogen-bond acceptors (Lipinski definition) is 4. The molecule has 0 aliphatic rings. The number of benzene rings is 2. The van der Waals surface area contributed by atoms with Crippen molar-refractivity contribution in [1.29, 1.82) is 0 Å². The summed E-state index contributed by atoms with van der Waals surface area (Å²) in [4.78, 5) is 0. The molecule has 0 amide bonds. The van der Waals surface area contributed by atoms with Crippen molar-refractivity contribution in [1.82, 2.24) is 0 Å². The number of aromatic hydroxyl groups is 2. The number of rotatable bonds is 1. The van der Waals surface area contributed by atoms with Gasteiger partial charge in [-0.25, -0.2) is 0 Å². The highest BCUT2D eigenvalue weighted by molar-refractivity contribution is 6.37. The molecule has 0 heterocycles. The van der Waals surface area contributed by atoms with Crippen LogP contribution in [0, 0.1) is 0 Å². The van der Waals surface area contributed by atoms with Crippen LogP contribution in [0.25, 0.3) is 11.1 Å². The molecule has 0 atom stereocenters. The van der Waals surface area contributed by atoms with Crippen molar-refractivity contribution in [3.63, 3.8) is 0 Å². The summed E-state index contributed by atoms with van der Waals surface area (Å²) < 4.78 is 0.